The summed E-state index contributed by atoms with van der Waals surface area (Å²) in [6.07, 6.45) is 5.07. The number of allylic oxidation sites excluding steroid dienone is 1. The Hall–Kier alpha value is -0.620. The number of carbonyl (C=O) groups is 2. The zero-order valence-electron chi connectivity index (χ0n) is 13.1. The van der Waals surface area contributed by atoms with E-state index in [0.29, 0.717) is 17.9 Å². The topological polar surface area (TPSA) is 107 Å². The zero-order valence-corrected chi connectivity index (χ0v) is 16.3. The second kappa shape index (κ2) is 8.17. The number of aliphatic hydroxyl groups is 1. The lowest BCUT2D eigenvalue weighted by Crippen LogP contribution is -2.68. The summed E-state index contributed by atoms with van der Waals surface area (Å²) < 4.78 is 0. The maximum Gasteiger partial charge on any atom is 0.352 e. The molecule has 0 spiro atoms. The molecule has 2 fully saturated rings. The average Bonchev–Trinajstić information content (AvgIpc) is 2.55. The van der Waals surface area contributed by atoms with Crippen molar-refractivity contribution in [1.29, 1.82) is 0 Å². The molecule has 0 unspecified atom stereocenters. The number of aliphatic carboxylic acids is 1. The minimum absolute atomic E-state index is 0. The highest BCUT2D eigenvalue weighted by Gasteiger charge is 2.51. The van der Waals surface area contributed by atoms with Crippen LogP contribution in [0.25, 0.3) is 0 Å². The number of halogens is 1. The minimum atomic E-state index is -1.09. The molecule has 0 radical (unpaired) electrons. The number of β-lactam (4-membered cyclic amide) rings is 1. The summed E-state index contributed by atoms with van der Waals surface area (Å²) >= 11 is 1.50. The van der Waals surface area contributed by atoms with E-state index >= 15 is 0 Å². The third-order valence-electron chi connectivity index (χ3n) is 4.48. The van der Waals surface area contributed by atoms with Crippen LogP contribution in [0, 0.1) is 0 Å². The van der Waals surface area contributed by atoms with Crippen LogP contribution in [0.2, 0.25) is 0 Å². The number of likely N-dealkylation sites (tertiary alicyclic amines) is 1. The lowest BCUT2D eigenvalue weighted by molar-refractivity contribution is -0.147. The molecule has 24 heavy (non-hydrogen) atoms. The smallest absolute Gasteiger partial charge is 0.352 e. The molecule has 2 atom stereocenters. The van der Waals surface area contributed by atoms with Gasteiger partial charge in [-0.15, -0.1) is 35.7 Å². The van der Waals surface area contributed by atoms with Crippen molar-refractivity contribution in [2.45, 2.75) is 30.4 Å². The monoisotopic (exact) mass is 467 g/mol. The summed E-state index contributed by atoms with van der Waals surface area (Å²) in [6, 6.07) is -0.598. The van der Waals surface area contributed by atoms with Gasteiger partial charge in [-0.1, -0.05) is 12.2 Å². The van der Waals surface area contributed by atoms with Gasteiger partial charge in [-0.2, -0.15) is 0 Å². The zero-order chi connectivity index (χ0) is 16.6. The van der Waals surface area contributed by atoms with Gasteiger partial charge in [0.2, 0.25) is 5.91 Å². The lowest BCUT2D eigenvalue weighted by Gasteiger charge is -2.47. The van der Waals surface area contributed by atoms with Gasteiger partial charge < -0.3 is 15.9 Å². The molecule has 0 saturated carbocycles. The molecule has 0 aliphatic carbocycles. The maximum atomic E-state index is 11.8. The van der Waals surface area contributed by atoms with Crippen LogP contribution in [-0.2, 0) is 9.59 Å². The first kappa shape index (κ1) is 19.7. The Labute approximate surface area is 161 Å². The van der Waals surface area contributed by atoms with Gasteiger partial charge in [-0.3, -0.25) is 14.6 Å². The minimum Gasteiger partial charge on any atom is -0.477 e. The van der Waals surface area contributed by atoms with Crippen molar-refractivity contribution in [3.8, 4) is 0 Å². The maximum absolute atomic E-state index is 11.8. The Kier molecular flexibility index (Phi) is 6.71. The number of piperidine rings is 1. The van der Waals surface area contributed by atoms with Gasteiger partial charge in [0.15, 0.2) is 0 Å². The van der Waals surface area contributed by atoms with Crippen LogP contribution in [-0.4, -0.2) is 74.8 Å². The van der Waals surface area contributed by atoms with Crippen molar-refractivity contribution < 1.29 is 19.8 Å². The summed E-state index contributed by atoms with van der Waals surface area (Å²) in [7, 11) is 0. The molecule has 3 rings (SSSR count). The summed E-state index contributed by atoms with van der Waals surface area (Å²) in [4.78, 5) is 26.9. The predicted octanol–water partition coefficient (Wildman–Crippen LogP) is 0.198. The van der Waals surface area contributed by atoms with E-state index in [1.807, 2.05) is 6.08 Å². The van der Waals surface area contributed by atoms with Crippen molar-refractivity contribution >= 4 is 47.6 Å². The van der Waals surface area contributed by atoms with Crippen LogP contribution in [0.3, 0.4) is 0 Å². The summed E-state index contributed by atoms with van der Waals surface area (Å²) in [6.45, 7) is 2.39. The molecule has 0 aromatic rings. The number of hydrogen-bond donors (Lipinski definition) is 3. The standard InChI is InChI=1S/C15H21N3O4S.HI/c16-11-13(20)18-12(15(21)22)9(8-23-14(11)18)2-1-5-17-6-3-10(19)4-7-17;/h1-2,10-11,14,19H,3-8,16H2,(H,21,22);1H/t11-,14-;/m1./s1. The van der Waals surface area contributed by atoms with Crippen LogP contribution in [0.5, 0.6) is 0 Å². The molecule has 3 aliphatic heterocycles. The van der Waals surface area contributed by atoms with Crippen molar-refractivity contribution in [1.82, 2.24) is 9.80 Å². The third-order valence-corrected chi connectivity index (χ3v) is 5.80. The first-order valence-corrected chi connectivity index (χ1v) is 8.77. The Morgan fingerprint density at radius 2 is 2.04 bits per heavy atom. The average molecular weight is 467 g/mol. The number of fused-ring (bicyclic) bond motifs is 1. The number of thioether (sulfide) groups is 1. The Balaban J connectivity index is 0.00000208. The van der Waals surface area contributed by atoms with Crippen LogP contribution in [0.15, 0.2) is 23.4 Å². The molecule has 0 bridgehead atoms. The molecule has 1 amide bonds. The van der Waals surface area contributed by atoms with E-state index in [0.717, 1.165) is 25.9 Å². The molecular weight excluding hydrogens is 445 g/mol. The van der Waals surface area contributed by atoms with E-state index in [-0.39, 0.29) is 47.1 Å². The summed E-state index contributed by atoms with van der Waals surface area (Å²) in [5.74, 6) is -0.870. The second-order valence-corrected chi connectivity index (χ2v) is 7.15. The van der Waals surface area contributed by atoms with E-state index in [1.165, 1.54) is 16.7 Å². The highest BCUT2D eigenvalue weighted by Crippen LogP contribution is 2.39. The van der Waals surface area contributed by atoms with E-state index < -0.39 is 12.0 Å². The lowest BCUT2D eigenvalue weighted by atomic mass is 10.0. The molecule has 3 aliphatic rings. The van der Waals surface area contributed by atoms with E-state index in [4.69, 9.17) is 5.73 Å². The van der Waals surface area contributed by atoms with Crippen LogP contribution < -0.4 is 5.73 Å². The van der Waals surface area contributed by atoms with Crippen LogP contribution in [0.4, 0.5) is 0 Å². The number of carbonyl (C=O) groups excluding carboxylic acids is 1. The number of hydrogen-bond acceptors (Lipinski definition) is 6. The normalized spacial score (nSPS) is 28.6. The van der Waals surface area contributed by atoms with Gasteiger partial charge in [0, 0.05) is 25.4 Å². The Morgan fingerprint density at radius 1 is 1.38 bits per heavy atom. The SMILES string of the molecule is I.N[C@@H]1C(=O)N2C(C(=O)O)=C(C=CCN3CCC(O)CC3)CS[C@H]12. The number of rotatable bonds is 4. The Bertz CT molecular complexity index is 575. The van der Waals surface area contributed by atoms with Crippen molar-refractivity contribution in [2.24, 2.45) is 5.73 Å². The van der Waals surface area contributed by atoms with Gasteiger partial charge in [-0.25, -0.2) is 4.79 Å². The summed E-state index contributed by atoms with van der Waals surface area (Å²) in [5.41, 5.74) is 6.43. The molecule has 134 valence electrons. The number of nitrogens with two attached hydrogens (primary N) is 1. The molecular formula is C15H22IN3O4S. The molecule has 0 aromatic carbocycles. The fraction of sp³-hybridized carbons (Fsp3) is 0.600. The van der Waals surface area contributed by atoms with Crippen molar-refractivity contribution in [3.05, 3.63) is 23.4 Å². The molecule has 3 heterocycles. The molecule has 7 nitrogen and oxygen atoms in total. The van der Waals surface area contributed by atoms with Crippen LogP contribution in [0.1, 0.15) is 12.8 Å². The Morgan fingerprint density at radius 3 is 2.67 bits per heavy atom. The van der Waals surface area contributed by atoms with Crippen molar-refractivity contribution in [3.63, 3.8) is 0 Å². The number of carboxylic acids is 1. The summed E-state index contributed by atoms with van der Waals surface area (Å²) in [5, 5.41) is 18.7. The number of amides is 1. The fourth-order valence-corrected chi connectivity index (χ4v) is 4.38. The largest absolute Gasteiger partial charge is 0.477 e. The predicted molar refractivity (Wildman–Crippen MR) is 102 cm³/mol. The highest BCUT2D eigenvalue weighted by atomic mass is 127. The second-order valence-electron chi connectivity index (χ2n) is 6.05. The molecule has 0 aromatic heterocycles. The van der Waals surface area contributed by atoms with E-state index in [2.05, 4.69) is 4.90 Å². The van der Waals surface area contributed by atoms with Gasteiger partial charge in [0.05, 0.1) is 6.10 Å². The van der Waals surface area contributed by atoms with Gasteiger partial charge in [0.25, 0.3) is 0 Å². The molecule has 4 N–H and O–H groups in total. The first-order chi connectivity index (χ1) is 11.0. The highest BCUT2D eigenvalue weighted by molar-refractivity contribution is 14.0. The fourth-order valence-electron chi connectivity index (χ4n) is 3.11. The van der Waals surface area contributed by atoms with Crippen LogP contribution >= 0.6 is 35.7 Å². The number of carboxylic acid groups (broad SMARTS) is 1. The van der Waals surface area contributed by atoms with Gasteiger partial charge in [0.1, 0.15) is 17.1 Å². The van der Waals surface area contributed by atoms with Gasteiger partial charge >= 0.3 is 5.97 Å². The molecule has 2 saturated heterocycles. The third kappa shape index (κ3) is 3.79. The number of aliphatic hydroxyl groups excluding tert-OH is 1. The first-order valence-electron chi connectivity index (χ1n) is 7.72. The number of nitrogens with zero attached hydrogens (tertiary/aromatic N) is 2. The molecule has 9 heteroatoms. The van der Waals surface area contributed by atoms with E-state index in [9.17, 15) is 19.8 Å². The van der Waals surface area contributed by atoms with Gasteiger partial charge in [-0.05, 0) is 18.4 Å². The quantitative estimate of drug-likeness (QED) is 0.401. The van der Waals surface area contributed by atoms with Crippen molar-refractivity contribution in [2.75, 3.05) is 25.4 Å². The van der Waals surface area contributed by atoms with E-state index in [1.54, 1.807) is 6.08 Å².